The number of hydrogen-bond acceptors (Lipinski definition) is 2. The summed E-state index contributed by atoms with van der Waals surface area (Å²) in [7, 11) is 0. The Balaban J connectivity index is 2.60. The van der Waals surface area contributed by atoms with Gasteiger partial charge in [-0.1, -0.05) is 18.2 Å². The van der Waals surface area contributed by atoms with Gasteiger partial charge in [-0.25, -0.2) is 4.68 Å². The minimum absolute atomic E-state index is 0.208. The van der Waals surface area contributed by atoms with E-state index in [1.165, 1.54) is 0 Å². The van der Waals surface area contributed by atoms with Crippen LogP contribution < -0.4 is 0 Å². The molecule has 0 amide bonds. The first-order valence-electron chi connectivity index (χ1n) is 4.50. The van der Waals surface area contributed by atoms with Gasteiger partial charge in [0, 0.05) is 5.56 Å². The Morgan fingerprint density at radius 2 is 1.86 bits per heavy atom. The second-order valence-electron chi connectivity index (χ2n) is 3.35. The van der Waals surface area contributed by atoms with Crippen LogP contribution in [0.4, 0.5) is 0 Å². The fourth-order valence-corrected chi connectivity index (χ4v) is 1.40. The van der Waals surface area contributed by atoms with Crippen molar-refractivity contribution < 1.29 is 5.11 Å². The van der Waals surface area contributed by atoms with Crippen molar-refractivity contribution in [2.75, 3.05) is 0 Å². The quantitative estimate of drug-likeness (QED) is 0.745. The van der Waals surface area contributed by atoms with Gasteiger partial charge in [-0.15, -0.1) is 0 Å². The van der Waals surface area contributed by atoms with E-state index in [1.54, 1.807) is 10.9 Å². The van der Waals surface area contributed by atoms with Gasteiger partial charge in [0.15, 0.2) is 0 Å². The zero-order valence-corrected chi connectivity index (χ0v) is 8.23. The van der Waals surface area contributed by atoms with Crippen LogP contribution in [0.3, 0.4) is 0 Å². The van der Waals surface area contributed by atoms with Crippen LogP contribution in [0.1, 0.15) is 11.1 Å². The van der Waals surface area contributed by atoms with E-state index in [-0.39, 0.29) is 5.88 Å². The third-order valence-corrected chi connectivity index (χ3v) is 2.26. The maximum atomic E-state index is 9.72. The Morgan fingerprint density at radius 1 is 1.14 bits per heavy atom. The summed E-state index contributed by atoms with van der Waals surface area (Å²) < 4.78 is 1.55. The molecule has 0 aliphatic carbocycles. The van der Waals surface area contributed by atoms with Gasteiger partial charge in [-0.05, 0) is 25.5 Å². The van der Waals surface area contributed by atoms with Gasteiger partial charge in [-0.2, -0.15) is 5.10 Å². The number of para-hydroxylation sites is 1. The summed E-state index contributed by atoms with van der Waals surface area (Å²) in [5.74, 6) is 0.208. The van der Waals surface area contributed by atoms with Crippen LogP contribution in [-0.2, 0) is 0 Å². The van der Waals surface area contributed by atoms with E-state index in [2.05, 4.69) is 5.10 Å². The highest BCUT2D eigenvalue weighted by molar-refractivity contribution is 5.43. The van der Waals surface area contributed by atoms with Crippen LogP contribution >= 0.6 is 0 Å². The highest BCUT2D eigenvalue weighted by Crippen LogP contribution is 2.21. The molecular weight excluding hydrogens is 176 g/mol. The van der Waals surface area contributed by atoms with Gasteiger partial charge in [-0.3, -0.25) is 0 Å². The van der Waals surface area contributed by atoms with Crippen LogP contribution in [-0.4, -0.2) is 14.9 Å². The van der Waals surface area contributed by atoms with Crippen molar-refractivity contribution in [1.29, 1.82) is 0 Å². The number of aromatic nitrogens is 2. The number of aromatic hydroxyl groups is 1. The minimum atomic E-state index is 0.208. The summed E-state index contributed by atoms with van der Waals surface area (Å²) in [4.78, 5) is 0. The molecule has 1 aromatic heterocycles. The largest absolute Gasteiger partial charge is 0.493 e. The summed E-state index contributed by atoms with van der Waals surface area (Å²) >= 11 is 0. The van der Waals surface area contributed by atoms with Crippen molar-refractivity contribution in [2.24, 2.45) is 0 Å². The lowest BCUT2D eigenvalue weighted by Crippen LogP contribution is -1.97. The summed E-state index contributed by atoms with van der Waals surface area (Å²) in [5, 5.41) is 13.8. The Hall–Kier alpha value is -1.77. The molecule has 0 atom stereocenters. The molecule has 0 spiro atoms. The maximum absolute atomic E-state index is 9.72. The number of rotatable bonds is 1. The lowest BCUT2D eigenvalue weighted by atomic mass is 10.2. The molecule has 72 valence electrons. The Kier molecular flexibility index (Phi) is 2.00. The third kappa shape index (κ3) is 1.27. The predicted octanol–water partition coefficient (Wildman–Crippen LogP) is 2.19. The second kappa shape index (κ2) is 3.18. The molecule has 1 heterocycles. The van der Waals surface area contributed by atoms with E-state index in [9.17, 15) is 5.11 Å². The molecule has 3 heteroatoms. The van der Waals surface area contributed by atoms with Crippen LogP contribution in [0, 0.1) is 13.8 Å². The summed E-state index contributed by atoms with van der Waals surface area (Å²) in [6, 6.07) is 7.82. The molecule has 0 saturated heterocycles. The number of nitrogens with zero attached hydrogens (tertiary/aromatic N) is 2. The molecule has 3 nitrogen and oxygen atoms in total. The molecule has 0 bridgehead atoms. The van der Waals surface area contributed by atoms with E-state index >= 15 is 0 Å². The number of aryl methyl sites for hydroxylation is 2. The highest BCUT2D eigenvalue weighted by atomic mass is 16.3. The molecule has 1 aromatic carbocycles. The van der Waals surface area contributed by atoms with Crippen molar-refractivity contribution in [2.45, 2.75) is 13.8 Å². The summed E-state index contributed by atoms with van der Waals surface area (Å²) in [6.07, 6.45) is 1.65. The Morgan fingerprint density at radius 3 is 2.43 bits per heavy atom. The van der Waals surface area contributed by atoms with E-state index < -0.39 is 0 Å². The van der Waals surface area contributed by atoms with Crippen LogP contribution in [0.25, 0.3) is 5.69 Å². The van der Waals surface area contributed by atoms with Gasteiger partial charge >= 0.3 is 0 Å². The van der Waals surface area contributed by atoms with Crippen LogP contribution in [0.5, 0.6) is 5.88 Å². The van der Waals surface area contributed by atoms with Crippen molar-refractivity contribution >= 4 is 0 Å². The standard InChI is InChI=1S/C11H12N2O/c1-8-5-3-4-6-10(8)13-11(14)9(2)7-12-13/h3-7,14H,1-2H3. The van der Waals surface area contributed by atoms with E-state index in [4.69, 9.17) is 0 Å². The molecule has 0 aliphatic rings. The zero-order chi connectivity index (χ0) is 10.1. The topological polar surface area (TPSA) is 38.0 Å². The van der Waals surface area contributed by atoms with Gasteiger partial charge in [0.2, 0.25) is 5.88 Å². The van der Waals surface area contributed by atoms with Crippen LogP contribution in [0.2, 0.25) is 0 Å². The first-order valence-corrected chi connectivity index (χ1v) is 4.50. The summed E-state index contributed by atoms with van der Waals surface area (Å²) in [6.45, 7) is 3.82. The highest BCUT2D eigenvalue weighted by Gasteiger charge is 2.08. The SMILES string of the molecule is Cc1ccccc1-n1ncc(C)c1O. The van der Waals surface area contributed by atoms with Gasteiger partial charge in [0.25, 0.3) is 0 Å². The second-order valence-corrected chi connectivity index (χ2v) is 3.35. The van der Waals surface area contributed by atoms with Gasteiger partial charge < -0.3 is 5.11 Å². The molecule has 0 unspecified atom stereocenters. The van der Waals surface area contributed by atoms with E-state index in [1.807, 2.05) is 38.1 Å². The molecule has 0 fully saturated rings. The Bertz CT molecular complexity index is 460. The van der Waals surface area contributed by atoms with E-state index in [0.29, 0.717) is 0 Å². The molecule has 14 heavy (non-hydrogen) atoms. The molecule has 2 rings (SSSR count). The molecule has 0 radical (unpaired) electrons. The minimum Gasteiger partial charge on any atom is -0.493 e. The normalized spacial score (nSPS) is 10.4. The lowest BCUT2D eigenvalue weighted by Gasteiger charge is -2.06. The first-order chi connectivity index (χ1) is 6.70. The van der Waals surface area contributed by atoms with Gasteiger partial charge in [0.05, 0.1) is 11.9 Å². The zero-order valence-electron chi connectivity index (χ0n) is 8.23. The Labute approximate surface area is 82.6 Å². The van der Waals surface area contributed by atoms with Gasteiger partial charge in [0.1, 0.15) is 0 Å². The summed E-state index contributed by atoms with van der Waals surface area (Å²) in [5.41, 5.74) is 2.79. The molecule has 2 aromatic rings. The molecular formula is C11H12N2O. The molecule has 0 aliphatic heterocycles. The number of benzene rings is 1. The third-order valence-electron chi connectivity index (χ3n) is 2.26. The molecule has 1 N–H and O–H groups in total. The fourth-order valence-electron chi connectivity index (χ4n) is 1.40. The van der Waals surface area contributed by atoms with Crippen molar-refractivity contribution in [3.05, 3.63) is 41.6 Å². The first kappa shape index (κ1) is 8.81. The number of hydrogen-bond donors (Lipinski definition) is 1. The van der Waals surface area contributed by atoms with E-state index in [0.717, 1.165) is 16.8 Å². The maximum Gasteiger partial charge on any atom is 0.217 e. The lowest BCUT2D eigenvalue weighted by molar-refractivity contribution is 0.430. The van der Waals surface area contributed by atoms with Crippen LogP contribution in [0.15, 0.2) is 30.5 Å². The van der Waals surface area contributed by atoms with Crippen molar-refractivity contribution in [3.8, 4) is 11.6 Å². The average molecular weight is 188 g/mol. The smallest absolute Gasteiger partial charge is 0.217 e. The van der Waals surface area contributed by atoms with Crippen molar-refractivity contribution in [1.82, 2.24) is 9.78 Å². The average Bonchev–Trinajstić information content (AvgIpc) is 2.49. The van der Waals surface area contributed by atoms with Crippen molar-refractivity contribution in [3.63, 3.8) is 0 Å². The fraction of sp³-hybridized carbons (Fsp3) is 0.182. The predicted molar refractivity (Wildman–Crippen MR) is 54.7 cm³/mol. The molecule has 0 saturated carbocycles. The monoisotopic (exact) mass is 188 g/mol.